The van der Waals surface area contributed by atoms with Crippen LogP contribution in [0.3, 0.4) is 0 Å². The van der Waals surface area contributed by atoms with Crippen molar-refractivity contribution in [3.8, 4) is 0 Å². The molecule has 21 heavy (non-hydrogen) atoms. The van der Waals surface area contributed by atoms with Crippen molar-refractivity contribution in [2.45, 2.75) is 19.3 Å². The smallest absolute Gasteiger partial charge is 0.0794 e. The van der Waals surface area contributed by atoms with Crippen LogP contribution in [-0.4, -0.2) is 30.5 Å². The molecule has 0 spiro atoms. The van der Waals surface area contributed by atoms with Gasteiger partial charge in [0.25, 0.3) is 0 Å². The molecule has 4 heteroatoms. The molecule has 0 aliphatic rings. The van der Waals surface area contributed by atoms with Gasteiger partial charge in [-0.25, -0.2) is 4.98 Å². The third kappa shape index (κ3) is 3.51. The van der Waals surface area contributed by atoms with Gasteiger partial charge in [0.15, 0.2) is 0 Å². The monoisotopic (exact) mass is 316 g/mol. The van der Waals surface area contributed by atoms with E-state index in [2.05, 4.69) is 53.6 Å². The third-order valence-electron chi connectivity index (χ3n) is 3.68. The van der Waals surface area contributed by atoms with Gasteiger partial charge in [0.05, 0.1) is 11.2 Å². The van der Waals surface area contributed by atoms with E-state index in [-0.39, 0.29) is 0 Å². The van der Waals surface area contributed by atoms with Crippen molar-refractivity contribution in [1.29, 1.82) is 0 Å². The lowest BCUT2D eigenvalue weighted by Gasteiger charge is -2.09. The molecule has 0 aliphatic carbocycles. The summed E-state index contributed by atoms with van der Waals surface area (Å²) in [6.45, 7) is 1.11. The minimum atomic E-state index is 1.04. The fraction of sp³-hybridized carbons (Fsp3) is 0.353. The van der Waals surface area contributed by atoms with Gasteiger partial charge in [-0.3, -0.25) is 0 Å². The Morgan fingerprint density at radius 1 is 1.10 bits per heavy atom. The standard InChI is InChI=1S/C17H20N2S2/c1-19(2)10-9-17-15(8-7-13-11-20-12-18-13)14-5-3-4-6-16(14)21-17/h3-6,11-12H,7-10H2,1-2H3. The van der Waals surface area contributed by atoms with Gasteiger partial charge >= 0.3 is 0 Å². The lowest BCUT2D eigenvalue weighted by Crippen LogP contribution is -2.15. The van der Waals surface area contributed by atoms with Crippen LogP contribution in [0, 0.1) is 0 Å². The Kier molecular flexibility index (Phi) is 4.68. The molecule has 0 saturated carbocycles. The summed E-state index contributed by atoms with van der Waals surface area (Å²) in [6, 6.07) is 8.79. The predicted molar refractivity (Wildman–Crippen MR) is 93.6 cm³/mol. The fourth-order valence-electron chi connectivity index (χ4n) is 2.56. The molecular weight excluding hydrogens is 296 g/mol. The second kappa shape index (κ2) is 6.69. The van der Waals surface area contributed by atoms with Gasteiger partial charge < -0.3 is 4.90 Å². The Hall–Kier alpha value is -1.23. The molecule has 110 valence electrons. The number of rotatable bonds is 6. The van der Waals surface area contributed by atoms with Crippen LogP contribution in [0.15, 0.2) is 35.2 Å². The van der Waals surface area contributed by atoms with Crippen LogP contribution < -0.4 is 0 Å². The van der Waals surface area contributed by atoms with E-state index < -0.39 is 0 Å². The van der Waals surface area contributed by atoms with Crippen molar-refractivity contribution in [1.82, 2.24) is 9.88 Å². The number of hydrogen-bond acceptors (Lipinski definition) is 4. The minimum Gasteiger partial charge on any atom is -0.309 e. The van der Waals surface area contributed by atoms with E-state index in [1.807, 2.05) is 16.8 Å². The SMILES string of the molecule is CN(C)CCc1sc2ccccc2c1CCc1cscn1. The molecule has 0 fully saturated rings. The highest BCUT2D eigenvalue weighted by Crippen LogP contribution is 2.32. The average Bonchev–Trinajstić information content (AvgIpc) is 3.10. The zero-order chi connectivity index (χ0) is 14.7. The first-order chi connectivity index (χ1) is 10.2. The highest BCUT2D eigenvalue weighted by molar-refractivity contribution is 7.19. The summed E-state index contributed by atoms with van der Waals surface area (Å²) in [4.78, 5) is 8.21. The number of thiophene rings is 1. The van der Waals surface area contributed by atoms with Gasteiger partial charge in [0.1, 0.15) is 0 Å². The van der Waals surface area contributed by atoms with Crippen LogP contribution >= 0.6 is 22.7 Å². The number of nitrogens with zero attached hydrogens (tertiary/aromatic N) is 2. The van der Waals surface area contributed by atoms with E-state index in [1.165, 1.54) is 21.3 Å². The lowest BCUT2D eigenvalue weighted by molar-refractivity contribution is 0.414. The van der Waals surface area contributed by atoms with E-state index in [1.54, 1.807) is 16.2 Å². The minimum absolute atomic E-state index is 1.04. The Morgan fingerprint density at radius 2 is 1.95 bits per heavy atom. The average molecular weight is 316 g/mol. The Bertz CT molecular complexity index is 699. The molecular formula is C17H20N2S2. The van der Waals surface area contributed by atoms with Gasteiger partial charge in [-0.1, -0.05) is 18.2 Å². The summed E-state index contributed by atoms with van der Waals surface area (Å²) in [5.41, 5.74) is 4.67. The van der Waals surface area contributed by atoms with Gasteiger partial charge in [0.2, 0.25) is 0 Å². The first kappa shape index (κ1) is 14.7. The number of hydrogen-bond donors (Lipinski definition) is 0. The molecule has 0 amide bonds. The highest BCUT2D eigenvalue weighted by Gasteiger charge is 2.12. The maximum absolute atomic E-state index is 4.41. The molecule has 0 bridgehead atoms. The molecule has 0 saturated heterocycles. The van der Waals surface area contributed by atoms with Crippen LogP contribution in [-0.2, 0) is 19.3 Å². The molecule has 0 N–H and O–H groups in total. The number of thiazole rings is 1. The summed E-state index contributed by atoms with van der Waals surface area (Å²) < 4.78 is 1.42. The van der Waals surface area contributed by atoms with Crippen LogP contribution in [0.25, 0.3) is 10.1 Å². The van der Waals surface area contributed by atoms with E-state index in [4.69, 9.17) is 0 Å². The van der Waals surface area contributed by atoms with Crippen LogP contribution in [0.4, 0.5) is 0 Å². The highest BCUT2D eigenvalue weighted by atomic mass is 32.1. The molecule has 1 aromatic carbocycles. The Balaban J connectivity index is 1.87. The first-order valence-corrected chi connectivity index (χ1v) is 9.01. The maximum Gasteiger partial charge on any atom is 0.0794 e. The van der Waals surface area contributed by atoms with Crippen LogP contribution in [0.5, 0.6) is 0 Å². The predicted octanol–water partition coefficient (Wildman–Crippen LogP) is 4.25. The summed E-state index contributed by atoms with van der Waals surface area (Å²) in [5, 5.41) is 3.60. The Morgan fingerprint density at radius 3 is 2.71 bits per heavy atom. The number of aryl methyl sites for hydroxylation is 2. The van der Waals surface area contributed by atoms with Crippen molar-refractivity contribution in [2.75, 3.05) is 20.6 Å². The lowest BCUT2D eigenvalue weighted by atomic mass is 10.0. The molecule has 3 aromatic rings. The molecule has 0 unspecified atom stereocenters. The van der Waals surface area contributed by atoms with Crippen molar-refractivity contribution in [3.63, 3.8) is 0 Å². The van der Waals surface area contributed by atoms with E-state index in [0.717, 1.165) is 25.8 Å². The first-order valence-electron chi connectivity index (χ1n) is 7.25. The largest absolute Gasteiger partial charge is 0.309 e. The van der Waals surface area contributed by atoms with Gasteiger partial charge in [-0.2, -0.15) is 0 Å². The molecule has 3 rings (SSSR count). The van der Waals surface area contributed by atoms with Crippen molar-refractivity contribution >= 4 is 32.8 Å². The van der Waals surface area contributed by atoms with E-state index in [9.17, 15) is 0 Å². The van der Waals surface area contributed by atoms with E-state index >= 15 is 0 Å². The quantitative estimate of drug-likeness (QED) is 0.676. The summed E-state index contributed by atoms with van der Waals surface area (Å²) in [6.07, 6.45) is 3.27. The van der Waals surface area contributed by atoms with Gasteiger partial charge in [-0.05, 0) is 50.4 Å². The van der Waals surface area contributed by atoms with Gasteiger partial charge in [-0.15, -0.1) is 22.7 Å². The number of likely N-dealkylation sites (N-methyl/N-ethyl adjacent to an activating group) is 1. The molecule has 2 heterocycles. The van der Waals surface area contributed by atoms with Crippen molar-refractivity contribution in [3.05, 3.63) is 51.3 Å². The number of fused-ring (bicyclic) bond motifs is 1. The maximum atomic E-state index is 4.41. The topological polar surface area (TPSA) is 16.1 Å². The second-order valence-electron chi connectivity index (χ2n) is 5.53. The second-order valence-corrected chi connectivity index (χ2v) is 7.39. The third-order valence-corrected chi connectivity index (χ3v) is 5.59. The molecule has 2 nitrogen and oxygen atoms in total. The molecule has 0 aliphatic heterocycles. The van der Waals surface area contributed by atoms with Gasteiger partial charge in [0, 0.05) is 21.5 Å². The van der Waals surface area contributed by atoms with Crippen molar-refractivity contribution < 1.29 is 0 Å². The molecule has 0 radical (unpaired) electrons. The number of aromatic nitrogens is 1. The molecule has 2 aromatic heterocycles. The zero-order valence-corrected chi connectivity index (χ0v) is 14.1. The summed E-state index contributed by atoms with van der Waals surface area (Å²) >= 11 is 3.64. The summed E-state index contributed by atoms with van der Waals surface area (Å²) in [7, 11) is 4.28. The number of benzene rings is 1. The normalized spacial score (nSPS) is 11.6. The zero-order valence-electron chi connectivity index (χ0n) is 12.5. The fourth-order valence-corrected chi connectivity index (χ4v) is 4.40. The van der Waals surface area contributed by atoms with Crippen LogP contribution in [0.1, 0.15) is 16.1 Å². The van der Waals surface area contributed by atoms with Crippen molar-refractivity contribution in [2.24, 2.45) is 0 Å². The molecule has 0 atom stereocenters. The Labute approximate surface area is 134 Å². The van der Waals surface area contributed by atoms with Crippen LogP contribution in [0.2, 0.25) is 0 Å². The summed E-state index contributed by atoms with van der Waals surface area (Å²) in [5.74, 6) is 0. The van der Waals surface area contributed by atoms with E-state index in [0.29, 0.717) is 0 Å².